The number of nitrogens with one attached hydrogen (secondary N) is 1. The first-order valence-electron chi connectivity index (χ1n) is 6.39. The van der Waals surface area contributed by atoms with E-state index in [9.17, 15) is 4.79 Å². The van der Waals surface area contributed by atoms with Gasteiger partial charge < -0.3 is 15.8 Å². The highest BCUT2D eigenvalue weighted by Crippen LogP contribution is 2.41. The number of anilines is 2. The highest BCUT2D eigenvalue weighted by atomic mass is 32.1. The van der Waals surface area contributed by atoms with E-state index in [1.165, 1.54) is 11.3 Å². The first kappa shape index (κ1) is 13.5. The molecule has 0 spiro atoms. The lowest BCUT2D eigenvalue weighted by Crippen LogP contribution is -2.22. The zero-order valence-corrected chi connectivity index (χ0v) is 11.9. The Bertz CT molecular complexity index is 716. The minimum absolute atomic E-state index is 0.0229. The fraction of sp³-hybridized carbons (Fsp3) is 0.200. The van der Waals surface area contributed by atoms with Gasteiger partial charge in [-0.1, -0.05) is 29.4 Å². The molecule has 1 unspecified atom stereocenters. The van der Waals surface area contributed by atoms with Crippen molar-refractivity contribution in [2.45, 2.75) is 12.3 Å². The van der Waals surface area contributed by atoms with Crippen LogP contribution in [0.3, 0.4) is 0 Å². The first-order chi connectivity index (χ1) is 10.2. The number of hydrogen-bond donors (Lipinski definition) is 2. The van der Waals surface area contributed by atoms with E-state index in [0.29, 0.717) is 23.1 Å². The minimum atomic E-state index is -0.0505. The maximum atomic E-state index is 11.8. The molecule has 3 N–H and O–H groups in total. The zero-order chi connectivity index (χ0) is 14.8. The van der Waals surface area contributed by atoms with Gasteiger partial charge in [-0.15, -0.1) is 6.42 Å². The highest BCUT2D eigenvalue weighted by Gasteiger charge is 2.29. The second-order valence-corrected chi connectivity index (χ2v) is 5.69. The largest absolute Gasteiger partial charge is 0.481 e. The Morgan fingerprint density at radius 1 is 1.48 bits per heavy atom. The van der Waals surface area contributed by atoms with Crippen molar-refractivity contribution < 1.29 is 9.53 Å². The van der Waals surface area contributed by atoms with Gasteiger partial charge in [0.2, 0.25) is 5.91 Å². The second-order valence-electron chi connectivity index (χ2n) is 4.63. The predicted octanol–water partition coefficient (Wildman–Crippen LogP) is 2.21. The summed E-state index contributed by atoms with van der Waals surface area (Å²) in [6.07, 6.45) is 5.55. The average molecular weight is 299 g/mol. The fourth-order valence-corrected chi connectivity index (χ4v) is 3.24. The summed E-state index contributed by atoms with van der Waals surface area (Å²) < 4.78 is 5.35. The van der Waals surface area contributed by atoms with Crippen LogP contribution < -0.4 is 15.8 Å². The fourth-order valence-electron chi connectivity index (χ4n) is 2.33. The number of nitrogens with two attached hydrogens (primary N) is 1. The minimum Gasteiger partial charge on any atom is -0.481 e. The molecule has 1 aromatic carbocycles. The van der Waals surface area contributed by atoms with E-state index in [1.807, 2.05) is 24.3 Å². The summed E-state index contributed by atoms with van der Waals surface area (Å²) in [4.78, 5) is 16.9. The molecule has 6 heteroatoms. The van der Waals surface area contributed by atoms with Gasteiger partial charge in [0.25, 0.3) is 0 Å². The Morgan fingerprint density at radius 3 is 2.95 bits per heavy atom. The Kier molecular flexibility index (Phi) is 3.50. The Balaban J connectivity index is 1.90. The van der Waals surface area contributed by atoms with Crippen LogP contribution in [-0.4, -0.2) is 17.5 Å². The van der Waals surface area contributed by atoms with Crippen LogP contribution in [0.5, 0.6) is 5.75 Å². The number of nitrogen functional groups attached to an aromatic ring is 1. The number of terminal acetylenes is 1. The molecule has 1 amide bonds. The van der Waals surface area contributed by atoms with Crippen LogP contribution in [0, 0.1) is 12.3 Å². The predicted molar refractivity (Wildman–Crippen MR) is 82.4 cm³/mol. The second kappa shape index (κ2) is 5.46. The van der Waals surface area contributed by atoms with Crippen LogP contribution in [0.4, 0.5) is 10.9 Å². The summed E-state index contributed by atoms with van der Waals surface area (Å²) >= 11 is 1.41. The van der Waals surface area contributed by atoms with Crippen LogP contribution >= 0.6 is 11.3 Å². The zero-order valence-electron chi connectivity index (χ0n) is 11.1. The number of nitrogens with zero attached hydrogens (tertiary/aromatic N) is 1. The van der Waals surface area contributed by atoms with Crippen LogP contribution in [0.15, 0.2) is 24.3 Å². The number of ether oxygens (including phenoxy) is 1. The van der Waals surface area contributed by atoms with Crippen molar-refractivity contribution in [3.8, 4) is 18.1 Å². The quantitative estimate of drug-likeness (QED) is 0.852. The SMILES string of the molecule is C#CCOc1ccc(C2CC(=O)Nc3nc(N)sc32)cc1. The summed E-state index contributed by atoms with van der Waals surface area (Å²) in [5.74, 6) is 3.63. The standard InChI is InChI=1S/C15H13N3O2S/c1-2-7-20-10-5-3-9(4-6-10)11-8-12(19)17-14-13(11)21-15(16)18-14/h1,3-6,11H,7-8H2,(H2,16,18)(H,17,19). The van der Waals surface area contributed by atoms with Crippen molar-refractivity contribution in [1.82, 2.24) is 4.98 Å². The smallest absolute Gasteiger partial charge is 0.226 e. The third kappa shape index (κ3) is 2.69. The molecule has 0 fully saturated rings. The average Bonchev–Trinajstić information content (AvgIpc) is 2.85. The number of hydrogen-bond acceptors (Lipinski definition) is 5. The normalized spacial score (nSPS) is 16.7. The topological polar surface area (TPSA) is 77.2 Å². The maximum Gasteiger partial charge on any atom is 0.226 e. The van der Waals surface area contributed by atoms with E-state index in [0.717, 1.165) is 10.4 Å². The van der Waals surface area contributed by atoms with E-state index in [4.69, 9.17) is 16.9 Å². The number of fused-ring (bicyclic) bond motifs is 1. The maximum absolute atomic E-state index is 11.8. The molecule has 1 atom stereocenters. The van der Waals surface area contributed by atoms with Gasteiger partial charge in [0.15, 0.2) is 5.13 Å². The first-order valence-corrected chi connectivity index (χ1v) is 7.21. The van der Waals surface area contributed by atoms with Gasteiger partial charge in [0, 0.05) is 12.3 Å². The molecule has 2 heterocycles. The molecule has 5 nitrogen and oxygen atoms in total. The van der Waals surface area contributed by atoms with Gasteiger partial charge >= 0.3 is 0 Å². The van der Waals surface area contributed by atoms with Crippen molar-refractivity contribution in [2.75, 3.05) is 17.7 Å². The third-order valence-electron chi connectivity index (χ3n) is 3.24. The Labute approximate surface area is 126 Å². The van der Waals surface area contributed by atoms with Crippen molar-refractivity contribution in [3.63, 3.8) is 0 Å². The van der Waals surface area contributed by atoms with E-state index >= 15 is 0 Å². The molecule has 0 bridgehead atoms. The lowest BCUT2D eigenvalue weighted by atomic mass is 9.91. The lowest BCUT2D eigenvalue weighted by Gasteiger charge is -2.21. The van der Waals surface area contributed by atoms with Crippen molar-refractivity contribution in [2.24, 2.45) is 0 Å². The van der Waals surface area contributed by atoms with Crippen molar-refractivity contribution >= 4 is 28.2 Å². The van der Waals surface area contributed by atoms with Crippen LogP contribution in [0.2, 0.25) is 0 Å². The summed E-state index contributed by atoms with van der Waals surface area (Å²) in [5.41, 5.74) is 6.77. The molecule has 0 aliphatic carbocycles. The van der Waals surface area contributed by atoms with E-state index in [-0.39, 0.29) is 18.4 Å². The number of carbonyl (C=O) groups excluding carboxylic acids is 1. The van der Waals surface area contributed by atoms with Crippen LogP contribution in [0.1, 0.15) is 22.8 Å². The molecule has 0 radical (unpaired) electrons. The van der Waals surface area contributed by atoms with Gasteiger partial charge in [-0.25, -0.2) is 4.98 Å². The molecule has 2 aromatic rings. The number of aromatic nitrogens is 1. The molecule has 3 rings (SSSR count). The number of amides is 1. The summed E-state index contributed by atoms with van der Waals surface area (Å²) in [6, 6.07) is 7.58. The van der Waals surface area contributed by atoms with Gasteiger partial charge in [-0.05, 0) is 17.7 Å². The van der Waals surface area contributed by atoms with E-state index < -0.39 is 0 Å². The Morgan fingerprint density at radius 2 is 2.24 bits per heavy atom. The van der Waals surface area contributed by atoms with Gasteiger partial charge in [-0.2, -0.15) is 0 Å². The monoisotopic (exact) mass is 299 g/mol. The molecular formula is C15H13N3O2S. The Hall–Kier alpha value is -2.52. The molecule has 1 aliphatic rings. The van der Waals surface area contributed by atoms with E-state index in [2.05, 4.69) is 16.2 Å². The molecule has 106 valence electrons. The van der Waals surface area contributed by atoms with Gasteiger partial charge in [0.05, 0.1) is 4.88 Å². The van der Waals surface area contributed by atoms with Crippen LogP contribution in [0.25, 0.3) is 0 Å². The number of carbonyl (C=O) groups is 1. The highest BCUT2D eigenvalue weighted by molar-refractivity contribution is 7.16. The third-order valence-corrected chi connectivity index (χ3v) is 4.24. The van der Waals surface area contributed by atoms with Crippen LogP contribution in [-0.2, 0) is 4.79 Å². The molecular weight excluding hydrogens is 286 g/mol. The summed E-state index contributed by atoms with van der Waals surface area (Å²) in [5, 5.41) is 3.21. The molecule has 0 saturated heterocycles. The summed E-state index contributed by atoms with van der Waals surface area (Å²) in [6.45, 7) is 0.237. The van der Waals surface area contributed by atoms with Crippen molar-refractivity contribution in [1.29, 1.82) is 0 Å². The lowest BCUT2D eigenvalue weighted by molar-refractivity contribution is -0.116. The molecule has 1 aliphatic heterocycles. The van der Waals surface area contributed by atoms with Gasteiger partial charge in [0.1, 0.15) is 18.2 Å². The molecule has 1 aromatic heterocycles. The molecule has 21 heavy (non-hydrogen) atoms. The van der Waals surface area contributed by atoms with Gasteiger partial charge in [-0.3, -0.25) is 4.79 Å². The number of rotatable bonds is 3. The summed E-state index contributed by atoms with van der Waals surface area (Å²) in [7, 11) is 0. The molecule has 0 saturated carbocycles. The number of benzene rings is 1. The number of thiazole rings is 1. The van der Waals surface area contributed by atoms with Crippen molar-refractivity contribution in [3.05, 3.63) is 34.7 Å². The van der Waals surface area contributed by atoms with E-state index in [1.54, 1.807) is 0 Å².